The van der Waals surface area contributed by atoms with E-state index in [4.69, 9.17) is 0 Å². The van der Waals surface area contributed by atoms with Gasteiger partial charge in [0.15, 0.2) is 0 Å². The summed E-state index contributed by atoms with van der Waals surface area (Å²) in [7, 11) is 0. The molecular formula is C17H22. The predicted molar refractivity (Wildman–Crippen MR) is 76.0 cm³/mol. The molecule has 1 aromatic carbocycles. The van der Waals surface area contributed by atoms with E-state index in [1.807, 2.05) is 6.08 Å². The van der Waals surface area contributed by atoms with Crippen molar-refractivity contribution in [2.75, 3.05) is 0 Å². The Labute approximate surface area is 106 Å². The number of allylic oxidation sites excluding steroid dienone is 1. The molecule has 0 heterocycles. The van der Waals surface area contributed by atoms with Crippen LogP contribution in [-0.4, -0.2) is 0 Å². The van der Waals surface area contributed by atoms with E-state index in [1.165, 1.54) is 24.0 Å². The van der Waals surface area contributed by atoms with Crippen LogP contribution >= 0.6 is 0 Å². The summed E-state index contributed by atoms with van der Waals surface area (Å²) in [6, 6.07) is 8.50. The molecule has 0 aliphatic rings. The van der Waals surface area contributed by atoms with Gasteiger partial charge in [-0.05, 0) is 30.9 Å². The second kappa shape index (κ2) is 7.74. The lowest BCUT2D eigenvalue weighted by Gasteiger charge is -2.11. The first-order valence-corrected chi connectivity index (χ1v) is 6.44. The van der Waals surface area contributed by atoms with Crippen LogP contribution in [0.1, 0.15) is 49.7 Å². The minimum atomic E-state index is 0.311. The van der Waals surface area contributed by atoms with Crippen molar-refractivity contribution >= 4 is 0 Å². The summed E-state index contributed by atoms with van der Waals surface area (Å²) in [5.41, 5.74) is 2.67. The van der Waals surface area contributed by atoms with Crippen LogP contribution in [0.3, 0.4) is 0 Å². The lowest BCUT2D eigenvalue weighted by atomic mass is 9.92. The average molecular weight is 226 g/mol. The van der Waals surface area contributed by atoms with E-state index < -0.39 is 0 Å². The summed E-state index contributed by atoms with van der Waals surface area (Å²) in [5.74, 6) is 7.00. The minimum absolute atomic E-state index is 0.311. The van der Waals surface area contributed by atoms with Crippen molar-refractivity contribution in [1.29, 1.82) is 0 Å². The van der Waals surface area contributed by atoms with Crippen molar-refractivity contribution in [2.24, 2.45) is 0 Å². The summed E-state index contributed by atoms with van der Waals surface area (Å²) in [6.45, 7) is 8.18. The normalized spacial score (nSPS) is 11.4. The molecule has 0 amide bonds. The first-order valence-electron chi connectivity index (χ1n) is 6.44. The van der Waals surface area contributed by atoms with Crippen molar-refractivity contribution in [1.82, 2.24) is 0 Å². The number of hydrogen-bond acceptors (Lipinski definition) is 0. The first kappa shape index (κ1) is 13.6. The zero-order valence-electron chi connectivity index (χ0n) is 11.0. The van der Waals surface area contributed by atoms with Gasteiger partial charge in [0.25, 0.3) is 0 Å². The van der Waals surface area contributed by atoms with Crippen LogP contribution in [0.15, 0.2) is 36.9 Å². The quantitative estimate of drug-likeness (QED) is 0.382. The molecule has 17 heavy (non-hydrogen) atoms. The summed E-state index contributed by atoms with van der Waals surface area (Å²) >= 11 is 0. The van der Waals surface area contributed by atoms with E-state index in [-0.39, 0.29) is 0 Å². The molecule has 0 saturated heterocycles. The minimum Gasteiger partial charge on any atom is -0.103 e. The molecule has 90 valence electrons. The third-order valence-corrected chi connectivity index (χ3v) is 2.90. The third-order valence-electron chi connectivity index (χ3n) is 2.90. The van der Waals surface area contributed by atoms with Crippen molar-refractivity contribution in [3.05, 3.63) is 48.0 Å². The monoisotopic (exact) mass is 226 g/mol. The van der Waals surface area contributed by atoms with Crippen molar-refractivity contribution in [3.8, 4) is 11.8 Å². The molecule has 0 bridgehead atoms. The SMILES string of the molecule is C=CCC(C#CCCCC)c1ccccc1C. The summed E-state index contributed by atoms with van der Waals surface area (Å²) in [4.78, 5) is 0. The number of unbranched alkanes of at least 4 members (excludes halogenated alkanes) is 2. The molecule has 0 heteroatoms. The lowest BCUT2D eigenvalue weighted by molar-refractivity contribution is 0.823. The molecule has 0 aliphatic carbocycles. The Hall–Kier alpha value is -1.48. The van der Waals surface area contributed by atoms with E-state index in [0.717, 1.165) is 12.8 Å². The van der Waals surface area contributed by atoms with Gasteiger partial charge in [0.2, 0.25) is 0 Å². The largest absolute Gasteiger partial charge is 0.103 e. The summed E-state index contributed by atoms with van der Waals surface area (Å²) < 4.78 is 0. The molecule has 0 saturated carbocycles. The highest BCUT2D eigenvalue weighted by molar-refractivity contribution is 5.35. The van der Waals surface area contributed by atoms with Gasteiger partial charge in [0.05, 0.1) is 0 Å². The van der Waals surface area contributed by atoms with Gasteiger partial charge in [-0.15, -0.1) is 12.5 Å². The second-order valence-corrected chi connectivity index (χ2v) is 4.36. The molecular weight excluding hydrogens is 204 g/mol. The Morgan fingerprint density at radius 2 is 2.12 bits per heavy atom. The molecule has 0 spiro atoms. The van der Waals surface area contributed by atoms with Crippen LogP contribution in [0, 0.1) is 18.8 Å². The molecule has 0 radical (unpaired) electrons. The van der Waals surface area contributed by atoms with Crippen LogP contribution in [0.4, 0.5) is 0 Å². The highest BCUT2D eigenvalue weighted by Crippen LogP contribution is 2.22. The fourth-order valence-electron chi connectivity index (χ4n) is 1.87. The molecule has 1 unspecified atom stereocenters. The van der Waals surface area contributed by atoms with E-state index in [9.17, 15) is 0 Å². The van der Waals surface area contributed by atoms with E-state index >= 15 is 0 Å². The molecule has 0 aromatic heterocycles. The van der Waals surface area contributed by atoms with Gasteiger partial charge in [-0.25, -0.2) is 0 Å². The summed E-state index contributed by atoms with van der Waals surface area (Å²) in [5, 5.41) is 0. The van der Waals surface area contributed by atoms with E-state index in [1.54, 1.807) is 0 Å². The molecule has 0 aliphatic heterocycles. The van der Waals surface area contributed by atoms with E-state index in [2.05, 4.69) is 56.5 Å². The molecule has 1 aromatic rings. The van der Waals surface area contributed by atoms with Crippen LogP contribution in [0.25, 0.3) is 0 Å². The van der Waals surface area contributed by atoms with E-state index in [0.29, 0.717) is 5.92 Å². The molecule has 0 fully saturated rings. The molecule has 0 nitrogen and oxygen atoms in total. The number of benzene rings is 1. The highest BCUT2D eigenvalue weighted by atomic mass is 14.1. The Bertz CT molecular complexity index is 404. The van der Waals surface area contributed by atoms with Gasteiger partial charge >= 0.3 is 0 Å². The van der Waals surface area contributed by atoms with Gasteiger partial charge in [-0.3, -0.25) is 0 Å². The molecule has 1 atom stereocenters. The Morgan fingerprint density at radius 3 is 2.76 bits per heavy atom. The van der Waals surface area contributed by atoms with Gasteiger partial charge in [0, 0.05) is 12.3 Å². The fourth-order valence-corrected chi connectivity index (χ4v) is 1.87. The maximum Gasteiger partial charge on any atom is 0.0489 e. The first-order chi connectivity index (χ1) is 8.29. The van der Waals surface area contributed by atoms with Gasteiger partial charge in [0.1, 0.15) is 0 Å². The standard InChI is InChI=1S/C17H22/c1-4-6-7-8-13-16(11-5-2)17-14-10-9-12-15(17)3/h5,9-10,12,14,16H,2,4,6-7,11H2,1,3H3. The molecule has 0 N–H and O–H groups in total. The fraction of sp³-hybridized carbons (Fsp3) is 0.412. The predicted octanol–water partition coefficient (Wildman–Crippen LogP) is 4.85. The second-order valence-electron chi connectivity index (χ2n) is 4.36. The Balaban J connectivity index is 2.81. The van der Waals surface area contributed by atoms with Crippen LogP contribution < -0.4 is 0 Å². The van der Waals surface area contributed by atoms with Gasteiger partial charge < -0.3 is 0 Å². The van der Waals surface area contributed by atoms with Crippen LogP contribution in [0.2, 0.25) is 0 Å². The van der Waals surface area contributed by atoms with Crippen molar-refractivity contribution in [3.63, 3.8) is 0 Å². The zero-order chi connectivity index (χ0) is 12.5. The smallest absolute Gasteiger partial charge is 0.0489 e. The van der Waals surface area contributed by atoms with Gasteiger partial charge in [-0.2, -0.15) is 0 Å². The van der Waals surface area contributed by atoms with Crippen LogP contribution in [-0.2, 0) is 0 Å². The number of hydrogen-bond donors (Lipinski definition) is 0. The van der Waals surface area contributed by atoms with Crippen molar-refractivity contribution in [2.45, 2.75) is 45.4 Å². The third kappa shape index (κ3) is 4.49. The van der Waals surface area contributed by atoms with Gasteiger partial charge in [-0.1, -0.05) is 49.6 Å². The Morgan fingerprint density at radius 1 is 1.35 bits per heavy atom. The van der Waals surface area contributed by atoms with Crippen LogP contribution in [0.5, 0.6) is 0 Å². The highest BCUT2D eigenvalue weighted by Gasteiger charge is 2.08. The van der Waals surface area contributed by atoms with Crippen molar-refractivity contribution < 1.29 is 0 Å². The lowest BCUT2D eigenvalue weighted by Crippen LogP contribution is -1.97. The maximum atomic E-state index is 3.83. The number of aryl methyl sites for hydroxylation is 1. The maximum absolute atomic E-state index is 3.83. The Kier molecular flexibility index (Phi) is 6.18. The zero-order valence-corrected chi connectivity index (χ0v) is 11.0. The summed E-state index contributed by atoms with van der Waals surface area (Å²) in [6.07, 6.45) is 6.32. The average Bonchev–Trinajstić information content (AvgIpc) is 2.34. The molecule has 1 rings (SSSR count). The number of rotatable bonds is 5. The topological polar surface area (TPSA) is 0 Å².